The van der Waals surface area contributed by atoms with E-state index in [4.69, 9.17) is 9.47 Å². The highest BCUT2D eigenvalue weighted by Gasteiger charge is 2.35. The van der Waals surface area contributed by atoms with Gasteiger partial charge in [0.1, 0.15) is 17.1 Å². The third-order valence-electron chi connectivity index (χ3n) is 5.58. The number of nitrogens with zero attached hydrogens (tertiary/aromatic N) is 1. The molecule has 1 N–H and O–H groups in total. The number of hydrogen-bond donors (Lipinski definition) is 1. The van der Waals surface area contributed by atoms with E-state index in [9.17, 15) is 13.2 Å². The van der Waals surface area contributed by atoms with Gasteiger partial charge in [-0.25, -0.2) is 8.42 Å². The first-order chi connectivity index (χ1) is 14.9. The molecule has 0 spiro atoms. The lowest BCUT2D eigenvalue weighted by Crippen LogP contribution is -2.45. The Kier molecular flexibility index (Phi) is 6.74. The van der Waals surface area contributed by atoms with Gasteiger partial charge in [0.05, 0.1) is 18.0 Å². The summed E-state index contributed by atoms with van der Waals surface area (Å²) in [6.07, 6.45) is 1.61. The van der Waals surface area contributed by atoms with Crippen molar-refractivity contribution in [1.82, 2.24) is 5.32 Å². The lowest BCUT2D eigenvalue weighted by atomic mass is 9.88. The van der Waals surface area contributed by atoms with Gasteiger partial charge in [-0.2, -0.15) is 0 Å². The summed E-state index contributed by atoms with van der Waals surface area (Å²) in [6, 6.07) is 12.5. The minimum atomic E-state index is -3.35. The van der Waals surface area contributed by atoms with Crippen LogP contribution in [0.2, 0.25) is 0 Å². The van der Waals surface area contributed by atoms with E-state index >= 15 is 0 Å². The van der Waals surface area contributed by atoms with E-state index in [0.717, 1.165) is 23.1 Å². The number of rotatable bonds is 7. The molecular formula is C24H32N2O5S. The molecule has 3 rings (SSSR count). The lowest BCUT2D eigenvalue weighted by molar-refractivity contribution is -0.129. The van der Waals surface area contributed by atoms with Crippen LogP contribution < -0.4 is 19.1 Å². The van der Waals surface area contributed by atoms with E-state index < -0.39 is 21.7 Å². The standard InChI is InChI=1S/C24H32N2O5S/c1-7-21(30-18-11-9-17(10-12-18)26(5)32(6,28)29)23(27)25-20-15-24(3,4)31-22-13-8-16(2)14-19(20)22/h8-14,20-21H,7,15H2,1-6H3,(H,25,27)/t20-,21+/m0/s1. The van der Waals surface area contributed by atoms with E-state index in [0.29, 0.717) is 24.3 Å². The van der Waals surface area contributed by atoms with Gasteiger partial charge >= 0.3 is 0 Å². The fraction of sp³-hybridized carbons (Fsp3) is 0.458. The molecule has 2 aromatic rings. The highest BCUT2D eigenvalue weighted by atomic mass is 32.2. The van der Waals surface area contributed by atoms with E-state index in [1.165, 1.54) is 11.4 Å². The topological polar surface area (TPSA) is 84.9 Å². The van der Waals surface area contributed by atoms with Crippen LogP contribution in [0.5, 0.6) is 11.5 Å². The van der Waals surface area contributed by atoms with Crippen molar-refractivity contribution in [2.75, 3.05) is 17.6 Å². The van der Waals surface area contributed by atoms with Crippen molar-refractivity contribution in [3.8, 4) is 11.5 Å². The number of anilines is 1. The summed E-state index contributed by atoms with van der Waals surface area (Å²) in [5.74, 6) is 1.10. The van der Waals surface area contributed by atoms with Crippen LogP contribution in [0.25, 0.3) is 0 Å². The third kappa shape index (κ3) is 5.54. The number of ether oxygens (including phenoxy) is 2. The van der Waals surface area contributed by atoms with E-state index in [2.05, 4.69) is 5.32 Å². The summed E-state index contributed by atoms with van der Waals surface area (Å²) in [6.45, 7) is 7.93. The number of fused-ring (bicyclic) bond motifs is 1. The number of aryl methyl sites for hydroxylation is 1. The summed E-state index contributed by atoms with van der Waals surface area (Å²) >= 11 is 0. The highest BCUT2D eigenvalue weighted by Crippen LogP contribution is 2.40. The summed E-state index contributed by atoms with van der Waals surface area (Å²) in [7, 11) is -1.86. The molecule has 8 heteroatoms. The van der Waals surface area contributed by atoms with Gasteiger partial charge in [0.15, 0.2) is 6.10 Å². The fourth-order valence-corrected chi connectivity index (χ4v) is 4.28. The molecular weight excluding hydrogens is 428 g/mol. The number of nitrogens with one attached hydrogen (secondary N) is 1. The van der Waals surface area contributed by atoms with Crippen LogP contribution in [0.1, 0.15) is 50.8 Å². The van der Waals surface area contributed by atoms with Crippen LogP contribution in [0.4, 0.5) is 5.69 Å². The molecule has 0 bridgehead atoms. The Balaban J connectivity index is 1.74. The molecule has 0 saturated heterocycles. The van der Waals surface area contributed by atoms with Gasteiger partial charge in [0, 0.05) is 19.0 Å². The van der Waals surface area contributed by atoms with Crippen LogP contribution in [0.15, 0.2) is 42.5 Å². The summed E-state index contributed by atoms with van der Waals surface area (Å²) in [5.41, 5.74) is 2.20. The van der Waals surface area contributed by atoms with E-state index in [-0.39, 0.29) is 11.9 Å². The molecule has 0 unspecified atom stereocenters. The number of benzene rings is 2. The van der Waals surface area contributed by atoms with Crippen molar-refractivity contribution in [3.63, 3.8) is 0 Å². The zero-order chi connectivity index (χ0) is 23.7. The van der Waals surface area contributed by atoms with Crippen LogP contribution >= 0.6 is 0 Å². The smallest absolute Gasteiger partial charge is 0.261 e. The van der Waals surface area contributed by atoms with Gasteiger partial charge in [-0.1, -0.05) is 24.6 Å². The Morgan fingerprint density at radius 2 is 1.91 bits per heavy atom. The number of carbonyl (C=O) groups excluding carboxylic acids is 1. The molecule has 0 radical (unpaired) electrons. The maximum absolute atomic E-state index is 13.1. The molecule has 7 nitrogen and oxygen atoms in total. The predicted octanol–water partition coefficient (Wildman–Crippen LogP) is 3.97. The van der Waals surface area contributed by atoms with E-state index in [1.54, 1.807) is 24.3 Å². The van der Waals surface area contributed by atoms with Crippen molar-refractivity contribution in [3.05, 3.63) is 53.6 Å². The first kappa shape index (κ1) is 23.9. The minimum Gasteiger partial charge on any atom is -0.487 e. The number of amides is 1. The predicted molar refractivity (Wildman–Crippen MR) is 126 cm³/mol. The van der Waals surface area contributed by atoms with Gasteiger partial charge in [-0.05, 0) is 57.5 Å². The van der Waals surface area contributed by atoms with Gasteiger partial charge in [0.25, 0.3) is 5.91 Å². The first-order valence-electron chi connectivity index (χ1n) is 10.7. The molecule has 0 aliphatic carbocycles. The summed E-state index contributed by atoms with van der Waals surface area (Å²) < 4.78 is 36.6. The summed E-state index contributed by atoms with van der Waals surface area (Å²) in [5, 5.41) is 3.15. The van der Waals surface area contributed by atoms with Crippen LogP contribution in [0.3, 0.4) is 0 Å². The molecule has 0 aromatic heterocycles. The molecule has 2 aromatic carbocycles. The number of hydrogen-bond acceptors (Lipinski definition) is 5. The average Bonchev–Trinajstić information content (AvgIpc) is 2.71. The van der Waals surface area contributed by atoms with Crippen molar-refractivity contribution in [1.29, 1.82) is 0 Å². The van der Waals surface area contributed by atoms with Gasteiger partial charge in [-0.15, -0.1) is 0 Å². The average molecular weight is 461 g/mol. The SMILES string of the molecule is CC[C@@H](Oc1ccc(N(C)S(C)(=O)=O)cc1)C(=O)N[C@H]1CC(C)(C)Oc2ccc(C)cc21. The van der Waals surface area contributed by atoms with Gasteiger partial charge in [-0.3, -0.25) is 9.10 Å². The zero-order valence-corrected chi connectivity index (χ0v) is 20.3. The summed E-state index contributed by atoms with van der Waals surface area (Å²) in [4.78, 5) is 13.1. The maximum Gasteiger partial charge on any atom is 0.261 e. The molecule has 0 saturated carbocycles. The minimum absolute atomic E-state index is 0.176. The number of carbonyl (C=O) groups is 1. The van der Waals surface area contributed by atoms with Crippen molar-refractivity contribution < 1.29 is 22.7 Å². The Labute approximate surface area is 190 Å². The second kappa shape index (κ2) is 9.02. The Bertz CT molecular complexity index is 1080. The molecule has 1 amide bonds. The molecule has 32 heavy (non-hydrogen) atoms. The third-order valence-corrected chi connectivity index (χ3v) is 6.78. The van der Waals surface area contributed by atoms with Gasteiger partial charge in [0.2, 0.25) is 10.0 Å². The molecule has 174 valence electrons. The number of sulfonamides is 1. The largest absolute Gasteiger partial charge is 0.487 e. The molecule has 1 heterocycles. The monoisotopic (exact) mass is 460 g/mol. The maximum atomic E-state index is 13.1. The lowest BCUT2D eigenvalue weighted by Gasteiger charge is -2.38. The van der Waals surface area contributed by atoms with Crippen molar-refractivity contribution in [2.24, 2.45) is 0 Å². The molecule has 1 aliphatic rings. The molecule has 2 atom stereocenters. The zero-order valence-electron chi connectivity index (χ0n) is 19.5. The normalized spacial score (nSPS) is 18.1. The molecule has 0 fully saturated rings. The Hall–Kier alpha value is -2.74. The van der Waals surface area contributed by atoms with Gasteiger partial charge < -0.3 is 14.8 Å². The molecule has 1 aliphatic heterocycles. The Morgan fingerprint density at radius 1 is 1.25 bits per heavy atom. The van der Waals surface area contributed by atoms with Crippen LogP contribution in [-0.4, -0.2) is 39.3 Å². The second-order valence-electron chi connectivity index (χ2n) is 8.91. The van der Waals surface area contributed by atoms with Crippen molar-refractivity contribution in [2.45, 2.75) is 58.3 Å². The van der Waals surface area contributed by atoms with Crippen molar-refractivity contribution >= 4 is 21.6 Å². The Morgan fingerprint density at radius 3 is 2.50 bits per heavy atom. The second-order valence-corrected chi connectivity index (χ2v) is 10.9. The highest BCUT2D eigenvalue weighted by molar-refractivity contribution is 7.92. The quantitative estimate of drug-likeness (QED) is 0.676. The van der Waals surface area contributed by atoms with Crippen LogP contribution in [0, 0.1) is 6.92 Å². The fourth-order valence-electron chi connectivity index (χ4n) is 3.78. The first-order valence-corrected chi connectivity index (χ1v) is 12.5. The van der Waals surface area contributed by atoms with E-state index in [1.807, 2.05) is 45.9 Å². The van der Waals surface area contributed by atoms with Crippen LogP contribution in [-0.2, 0) is 14.8 Å².